The summed E-state index contributed by atoms with van der Waals surface area (Å²) in [7, 11) is 0. The third kappa shape index (κ3) is 3.97. The molecule has 95 valence electrons. The molecule has 0 aliphatic rings. The van der Waals surface area contributed by atoms with Crippen LogP contribution in [0.3, 0.4) is 0 Å². The number of hydrogen-bond donors (Lipinski definition) is 1. The first kappa shape index (κ1) is 13.4. The number of carbonyl (C=O) groups is 1. The quantitative estimate of drug-likeness (QED) is 0.833. The largest absolute Gasteiger partial charge is 0.323 e. The number of benzene rings is 2. The van der Waals surface area contributed by atoms with E-state index in [1.165, 1.54) is 6.08 Å². The van der Waals surface area contributed by atoms with Gasteiger partial charge in [0.1, 0.15) is 0 Å². The molecule has 2 aromatic carbocycles. The van der Waals surface area contributed by atoms with E-state index in [-0.39, 0.29) is 5.91 Å². The van der Waals surface area contributed by atoms with E-state index in [0.717, 1.165) is 16.8 Å². The van der Waals surface area contributed by atoms with Gasteiger partial charge in [-0.1, -0.05) is 41.9 Å². The van der Waals surface area contributed by atoms with Gasteiger partial charge in [-0.3, -0.25) is 4.79 Å². The first-order valence-electron chi connectivity index (χ1n) is 5.81. The van der Waals surface area contributed by atoms with Gasteiger partial charge in [0, 0.05) is 16.8 Å². The lowest BCUT2D eigenvalue weighted by Crippen LogP contribution is -2.07. The Bertz CT molecular complexity index is 602. The SMILES string of the molecule is [CH2]c1ccc(NC(=O)C=Cc2ccccc2Cl)cc1. The monoisotopic (exact) mass is 270 g/mol. The molecular formula is C16H13ClNO. The fourth-order valence-corrected chi connectivity index (χ4v) is 1.75. The molecular weight excluding hydrogens is 258 g/mol. The maximum absolute atomic E-state index is 11.7. The van der Waals surface area contributed by atoms with Crippen LogP contribution in [0.4, 0.5) is 5.69 Å². The lowest BCUT2D eigenvalue weighted by molar-refractivity contribution is -0.111. The van der Waals surface area contributed by atoms with Gasteiger partial charge in [-0.15, -0.1) is 0 Å². The van der Waals surface area contributed by atoms with Crippen LogP contribution in [0.5, 0.6) is 0 Å². The minimum absolute atomic E-state index is 0.197. The summed E-state index contributed by atoms with van der Waals surface area (Å²) in [6.45, 7) is 3.79. The summed E-state index contributed by atoms with van der Waals surface area (Å²) in [5.74, 6) is -0.197. The van der Waals surface area contributed by atoms with Crippen LogP contribution in [0.2, 0.25) is 5.02 Å². The van der Waals surface area contributed by atoms with Crippen molar-refractivity contribution in [1.29, 1.82) is 0 Å². The van der Waals surface area contributed by atoms with Crippen molar-refractivity contribution in [3.05, 3.63) is 77.7 Å². The summed E-state index contributed by atoms with van der Waals surface area (Å²) in [4.78, 5) is 11.7. The first-order chi connectivity index (χ1) is 9.15. The Morgan fingerprint density at radius 2 is 1.79 bits per heavy atom. The van der Waals surface area contributed by atoms with Crippen molar-refractivity contribution in [2.24, 2.45) is 0 Å². The minimum Gasteiger partial charge on any atom is -0.323 e. The van der Waals surface area contributed by atoms with E-state index in [1.807, 2.05) is 42.5 Å². The highest BCUT2D eigenvalue weighted by atomic mass is 35.5. The van der Waals surface area contributed by atoms with Crippen molar-refractivity contribution in [3.8, 4) is 0 Å². The smallest absolute Gasteiger partial charge is 0.248 e. The van der Waals surface area contributed by atoms with Crippen LogP contribution in [-0.2, 0) is 4.79 Å². The molecule has 1 radical (unpaired) electrons. The van der Waals surface area contributed by atoms with E-state index in [9.17, 15) is 4.79 Å². The number of halogens is 1. The second-order valence-corrected chi connectivity index (χ2v) is 4.45. The van der Waals surface area contributed by atoms with Crippen molar-refractivity contribution < 1.29 is 4.79 Å². The Labute approximate surface area is 117 Å². The predicted octanol–water partition coefficient (Wildman–Crippen LogP) is 4.17. The fraction of sp³-hybridized carbons (Fsp3) is 0. The zero-order valence-electron chi connectivity index (χ0n) is 10.3. The second-order valence-electron chi connectivity index (χ2n) is 4.04. The number of nitrogens with one attached hydrogen (secondary N) is 1. The average molecular weight is 271 g/mol. The minimum atomic E-state index is -0.197. The van der Waals surface area contributed by atoms with Crippen LogP contribution in [0.1, 0.15) is 11.1 Å². The topological polar surface area (TPSA) is 29.1 Å². The molecule has 0 aliphatic carbocycles. The average Bonchev–Trinajstić information content (AvgIpc) is 2.40. The summed E-state index contributed by atoms with van der Waals surface area (Å²) < 4.78 is 0. The van der Waals surface area contributed by atoms with E-state index in [0.29, 0.717) is 5.02 Å². The summed E-state index contributed by atoms with van der Waals surface area (Å²) in [6.07, 6.45) is 3.15. The third-order valence-electron chi connectivity index (χ3n) is 2.54. The molecule has 3 heteroatoms. The predicted molar refractivity (Wildman–Crippen MR) is 80.0 cm³/mol. The van der Waals surface area contributed by atoms with E-state index < -0.39 is 0 Å². The Hall–Kier alpha value is -2.06. The molecule has 0 heterocycles. The second kappa shape index (κ2) is 6.21. The van der Waals surface area contributed by atoms with Crippen molar-refractivity contribution in [2.45, 2.75) is 0 Å². The molecule has 0 bridgehead atoms. The lowest BCUT2D eigenvalue weighted by atomic mass is 10.2. The molecule has 0 saturated heterocycles. The molecule has 2 nitrogen and oxygen atoms in total. The van der Waals surface area contributed by atoms with Crippen LogP contribution < -0.4 is 5.32 Å². The molecule has 2 rings (SSSR count). The molecule has 0 unspecified atom stereocenters. The van der Waals surface area contributed by atoms with Gasteiger partial charge < -0.3 is 5.32 Å². The van der Waals surface area contributed by atoms with Gasteiger partial charge in [0.15, 0.2) is 0 Å². The molecule has 1 N–H and O–H groups in total. The maximum atomic E-state index is 11.7. The van der Waals surface area contributed by atoms with Gasteiger partial charge in [-0.2, -0.15) is 0 Å². The van der Waals surface area contributed by atoms with Crippen LogP contribution in [0, 0.1) is 6.92 Å². The molecule has 0 atom stereocenters. The Morgan fingerprint density at radius 1 is 1.11 bits per heavy atom. The van der Waals surface area contributed by atoms with Gasteiger partial charge in [-0.25, -0.2) is 0 Å². The van der Waals surface area contributed by atoms with Crippen LogP contribution in [-0.4, -0.2) is 5.91 Å². The zero-order chi connectivity index (χ0) is 13.7. The highest BCUT2D eigenvalue weighted by Gasteiger charge is 1.98. The lowest BCUT2D eigenvalue weighted by Gasteiger charge is -2.02. The highest BCUT2D eigenvalue weighted by Crippen LogP contribution is 2.16. The van der Waals surface area contributed by atoms with E-state index in [2.05, 4.69) is 12.2 Å². The number of anilines is 1. The van der Waals surface area contributed by atoms with Crippen LogP contribution in [0.25, 0.3) is 6.08 Å². The van der Waals surface area contributed by atoms with Crippen molar-refractivity contribution >= 4 is 29.3 Å². The first-order valence-corrected chi connectivity index (χ1v) is 6.18. The van der Waals surface area contributed by atoms with Gasteiger partial charge >= 0.3 is 0 Å². The molecule has 1 amide bonds. The summed E-state index contributed by atoms with van der Waals surface area (Å²) >= 11 is 6.00. The zero-order valence-corrected chi connectivity index (χ0v) is 11.0. The molecule has 2 aromatic rings. The van der Waals surface area contributed by atoms with Crippen molar-refractivity contribution in [2.75, 3.05) is 5.32 Å². The normalized spacial score (nSPS) is 10.6. The van der Waals surface area contributed by atoms with E-state index in [1.54, 1.807) is 12.1 Å². The highest BCUT2D eigenvalue weighted by molar-refractivity contribution is 6.32. The van der Waals surface area contributed by atoms with Crippen LogP contribution in [0.15, 0.2) is 54.6 Å². The Morgan fingerprint density at radius 3 is 2.47 bits per heavy atom. The molecule has 0 aromatic heterocycles. The van der Waals surface area contributed by atoms with E-state index >= 15 is 0 Å². The van der Waals surface area contributed by atoms with Gasteiger partial charge in [0.25, 0.3) is 0 Å². The molecule has 0 spiro atoms. The standard InChI is InChI=1S/C16H13ClNO/c1-12-6-9-14(10-7-12)18-16(19)11-8-13-4-2-3-5-15(13)17/h2-11H,1H2,(H,18,19). The third-order valence-corrected chi connectivity index (χ3v) is 2.89. The van der Waals surface area contributed by atoms with Gasteiger partial charge in [-0.05, 0) is 42.3 Å². The van der Waals surface area contributed by atoms with E-state index in [4.69, 9.17) is 11.6 Å². The Balaban J connectivity index is 2.02. The molecule has 0 fully saturated rings. The molecule has 0 saturated carbocycles. The summed E-state index contributed by atoms with van der Waals surface area (Å²) in [6, 6.07) is 14.7. The fourth-order valence-electron chi connectivity index (χ4n) is 1.55. The van der Waals surface area contributed by atoms with Gasteiger partial charge in [0.05, 0.1) is 0 Å². The summed E-state index contributed by atoms with van der Waals surface area (Å²) in [5.41, 5.74) is 2.46. The molecule has 19 heavy (non-hydrogen) atoms. The number of hydrogen-bond acceptors (Lipinski definition) is 1. The number of amides is 1. The van der Waals surface area contributed by atoms with Crippen LogP contribution >= 0.6 is 11.6 Å². The molecule has 0 aliphatic heterocycles. The maximum Gasteiger partial charge on any atom is 0.248 e. The van der Waals surface area contributed by atoms with Crippen molar-refractivity contribution in [1.82, 2.24) is 0 Å². The Kier molecular flexibility index (Phi) is 4.37. The van der Waals surface area contributed by atoms with Crippen molar-refractivity contribution in [3.63, 3.8) is 0 Å². The summed E-state index contributed by atoms with van der Waals surface area (Å²) in [5, 5.41) is 3.38. The van der Waals surface area contributed by atoms with Gasteiger partial charge in [0.2, 0.25) is 5.91 Å². The number of rotatable bonds is 3. The number of carbonyl (C=O) groups excluding carboxylic acids is 1.